The van der Waals surface area contributed by atoms with Crippen molar-refractivity contribution >= 4 is 29.9 Å². The molecule has 0 amide bonds. The van der Waals surface area contributed by atoms with Crippen molar-refractivity contribution in [1.82, 2.24) is 4.90 Å². The van der Waals surface area contributed by atoms with E-state index in [1.165, 1.54) is 7.11 Å². The van der Waals surface area contributed by atoms with E-state index in [0.29, 0.717) is 0 Å². The van der Waals surface area contributed by atoms with Crippen molar-refractivity contribution in [3.63, 3.8) is 0 Å². The molecule has 0 atom stereocenters. The van der Waals surface area contributed by atoms with E-state index in [0.717, 1.165) is 25.1 Å². The van der Waals surface area contributed by atoms with Crippen LogP contribution in [0.4, 0.5) is 0 Å². The van der Waals surface area contributed by atoms with Crippen LogP contribution in [0.15, 0.2) is 11.6 Å². The Balaban J connectivity index is 0.00000121. The summed E-state index contributed by atoms with van der Waals surface area (Å²) in [6.07, 6.45) is 2.73. The molecule has 0 saturated heterocycles. The molecule has 0 bridgehead atoms. The third kappa shape index (κ3) is 3.10. The highest BCUT2D eigenvalue weighted by molar-refractivity contribution is 14.0. The van der Waals surface area contributed by atoms with E-state index in [-0.39, 0.29) is 29.9 Å². The lowest BCUT2D eigenvalue weighted by Crippen LogP contribution is -2.26. The van der Waals surface area contributed by atoms with Gasteiger partial charge in [0, 0.05) is 18.7 Å². The van der Waals surface area contributed by atoms with Crippen LogP contribution >= 0.6 is 24.0 Å². The van der Waals surface area contributed by atoms with Crippen molar-refractivity contribution in [3.05, 3.63) is 11.6 Å². The zero-order valence-corrected chi connectivity index (χ0v) is 9.70. The molecule has 3 nitrogen and oxygen atoms in total. The molecular weight excluding hydrogens is 269 g/mol. The van der Waals surface area contributed by atoms with Crippen LogP contribution in [-0.4, -0.2) is 38.1 Å². The molecule has 0 radical (unpaired) electrons. The van der Waals surface area contributed by atoms with Crippen LogP contribution in [0.1, 0.15) is 6.42 Å². The first kappa shape index (κ1) is 11.9. The highest BCUT2D eigenvalue weighted by atomic mass is 127. The van der Waals surface area contributed by atoms with Crippen LogP contribution in [0.5, 0.6) is 0 Å². The van der Waals surface area contributed by atoms with Gasteiger partial charge in [-0.15, -0.1) is 24.0 Å². The standard InChI is InChI=1S/C8H13NO2.HI/c1-9-5-3-7(4-6-9)8(10)11-2;/h3H,4-6H2,1-2H3;1H. The number of methoxy groups -OCH3 is 1. The number of carbonyl (C=O) groups is 1. The molecule has 0 spiro atoms. The molecule has 0 aromatic heterocycles. The van der Waals surface area contributed by atoms with Crippen molar-refractivity contribution in [2.75, 3.05) is 27.2 Å². The Morgan fingerprint density at radius 3 is 2.75 bits per heavy atom. The van der Waals surface area contributed by atoms with Crippen molar-refractivity contribution in [2.45, 2.75) is 6.42 Å². The Labute approximate surface area is 89.8 Å². The normalized spacial score (nSPS) is 17.7. The fourth-order valence-corrected chi connectivity index (χ4v) is 1.09. The van der Waals surface area contributed by atoms with E-state index in [2.05, 4.69) is 9.64 Å². The number of nitrogens with zero attached hydrogens (tertiary/aromatic N) is 1. The third-order valence-corrected chi connectivity index (χ3v) is 1.86. The fraction of sp³-hybridized carbons (Fsp3) is 0.625. The number of carbonyl (C=O) groups excluding carboxylic acids is 1. The third-order valence-electron chi connectivity index (χ3n) is 1.86. The Bertz CT molecular complexity index is 191. The van der Waals surface area contributed by atoms with Gasteiger partial charge in [-0.3, -0.25) is 0 Å². The number of ether oxygens (including phenoxy) is 1. The van der Waals surface area contributed by atoms with Crippen LogP contribution in [-0.2, 0) is 9.53 Å². The molecule has 0 saturated carbocycles. The number of esters is 1. The van der Waals surface area contributed by atoms with Crippen molar-refractivity contribution in [3.8, 4) is 0 Å². The van der Waals surface area contributed by atoms with E-state index in [9.17, 15) is 4.79 Å². The quantitative estimate of drug-likeness (QED) is 0.532. The lowest BCUT2D eigenvalue weighted by atomic mass is 10.1. The van der Waals surface area contributed by atoms with Gasteiger partial charge in [0.05, 0.1) is 7.11 Å². The summed E-state index contributed by atoms with van der Waals surface area (Å²) < 4.78 is 4.60. The molecule has 4 heteroatoms. The Hall–Kier alpha value is -0.100. The molecule has 0 aliphatic carbocycles. The molecule has 70 valence electrons. The summed E-state index contributed by atoms with van der Waals surface area (Å²) in [6.45, 7) is 1.80. The van der Waals surface area contributed by atoms with E-state index in [1.807, 2.05) is 13.1 Å². The number of likely N-dealkylation sites (N-methyl/N-ethyl adjacent to an activating group) is 1. The average Bonchev–Trinajstić information content (AvgIpc) is 2.05. The minimum Gasteiger partial charge on any atom is -0.466 e. The SMILES string of the molecule is COC(=O)C1=CCN(C)CC1.I. The number of hydrogen-bond donors (Lipinski definition) is 0. The molecule has 0 unspecified atom stereocenters. The zero-order valence-electron chi connectivity index (χ0n) is 7.37. The molecule has 1 rings (SSSR count). The summed E-state index contributed by atoms with van der Waals surface area (Å²) in [7, 11) is 3.45. The molecular formula is C8H14INO2. The first-order valence-corrected chi connectivity index (χ1v) is 3.70. The van der Waals surface area contributed by atoms with Crippen LogP contribution in [0.3, 0.4) is 0 Å². The van der Waals surface area contributed by atoms with Crippen molar-refractivity contribution in [1.29, 1.82) is 0 Å². The summed E-state index contributed by atoms with van der Waals surface area (Å²) >= 11 is 0. The zero-order chi connectivity index (χ0) is 8.27. The van der Waals surface area contributed by atoms with Crippen molar-refractivity contribution < 1.29 is 9.53 Å². The van der Waals surface area contributed by atoms with E-state index in [4.69, 9.17) is 0 Å². The maximum atomic E-state index is 11.0. The van der Waals surface area contributed by atoms with Crippen LogP contribution in [0.2, 0.25) is 0 Å². The first-order chi connectivity index (χ1) is 5.24. The maximum Gasteiger partial charge on any atom is 0.333 e. The highest BCUT2D eigenvalue weighted by Crippen LogP contribution is 2.09. The predicted octanol–water partition coefficient (Wildman–Crippen LogP) is 1.04. The van der Waals surface area contributed by atoms with E-state index < -0.39 is 0 Å². The van der Waals surface area contributed by atoms with Gasteiger partial charge in [-0.25, -0.2) is 4.79 Å². The second-order valence-electron chi connectivity index (χ2n) is 2.73. The Morgan fingerprint density at radius 1 is 1.67 bits per heavy atom. The van der Waals surface area contributed by atoms with Crippen LogP contribution < -0.4 is 0 Å². The molecule has 1 heterocycles. The van der Waals surface area contributed by atoms with Gasteiger partial charge in [-0.2, -0.15) is 0 Å². The monoisotopic (exact) mass is 283 g/mol. The molecule has 0 N–H and O–H groups in total. The molecule has 12 heavy (non-hydrogen) atoms. The summed E-state index contributed by atoms with van der Waals surface area (Å²) in [5.74, 6) is -0.182. The van der Waals surface area contributed by atoms with Gasteiger partial charge in [0.2, 0.25) is 0 Å². The van der Waals surface area contributed by atoms with Gasteiger partial charge < -0.3 is 9.64 Å². The van der Waals surface area contributed by atoms with Gasteiger partial charge in [0.1, 0.15) is 0 Å². The molecule has 0 aromatic rings. The lowest BCUT2D eigenvalue weighted by Gasteiger charge is -2.20. The fourth-order valence-electron chi connectivity index (χ4n) is 1.09. The number of hydrogen-bond acceptors (Lipinski definition) is 3. The Kier molecular flexibility index (Phi) is 5.48. The molecule has 0 fully saturated rings. The second-order valence-corrected chi connectivity index (χ2v) is 2.73. The Morgan fingerprint density at radius 2 is 2.33 bits per heavy atom. The maximum absolute atomic E-state index is 11.0. The summed E-state index contributed by atoms with van der Waals surface area (Å²) in [5.41, 5.74) is 0.811. The molecule has 1 aliphatic heterocycles. The van der Waals surface area contributed by atoms with Gasteiger partial charge in [0.15, 0.2) is 0 Å². The van der Waals surface area contributed by atoms with Crippen LogP contribution in [0.25, 0.3) is 0 Å². The van der Waals surface area contributed by atoms with Gasteiger partial charge in [0.25, 0.3) is 0 Å². The predicted molar refractivity (Wildman–Crippen MR) is 57.6 cm³/mol. The second kappa shape index (κ2) is 5.53. The van der Waals surface area contributed by atoms with Gasteiger partial charge in [-0.1, -0.05) is 6.08 Å². The molecule has 1 aliphatic rings. The summed E-state index contributed by atoms with van der Waals surface area (Å²) in [6, 6.07) is 0. The smallest absolute Gasteiger partial charge is 0.333 e. The average molecular weight is 283 g/mol. The van der Waals surface area contributed by atoms with Crippen LogP contribution in [0, 0.1) is 0 Å². The van der Waals surface area contributed by atoms with E-state index >= 15 is 0 Å². The van der Waals surface area contributed by atoms with Gasteiger partial charge >= 0.3 is 5.97 Å². The topological polar surface area (TPSA) is 29.5 Å². The molecule has 0 aromatic carbocycles. The largest absolute Gasteiger partial charge is 0.466 e. The van der Waals surface area contributed by atoms with Gasteiger partial charge in [-0.05, 0) is 13.5 Å². The highest BCUT2D eigenvalue weighted by Gasteiger charge is 2.13. The minimum absolute atomic E-state index is 0. The first-order valence-electron chi connectivity index (χ1n) is 3.70. The summed E-state index contributed by atoms with van der Waals surface area (Å²) in [4.78, 5) is 13.1. The lowest BCUT2D eigenvalue weighted by molar-refractivity contribution is -0.136. The van der Waals surface area contributed by atoms with Crippen molar-refractivity contribution in [2.24, 2.45) is 0 Å². The minimum atomic E-state index is -0.182. The summed E-state index contributed by atoms with van der Waals surface area (Å²) in [5, 5.41) is 0. The van der Waals surface area contributed by atoms with E-state index in [1.54, 1.807) is 0 Å². The number of rotatable bonds is 1. The number of halogens is 1.